The maximum Gasteiger partial charge on any atom is 0.329 e. The zero-order chi connectivity index (χ0) is 53.0. The molecule has 1 unspecified atom stereocenters. The van der Waals surface area contributed by atoms with Crippen LogP contribution in [0.2, 0.25) is 0 Å². The van der Waals surface area contributed by atoms with E-state index in [1.165, 1.54) is 14.3 Å². The van der Waals surface area contributed by atoms with Gasteiger partial charge in [0, 0.05) is 99.2 Å². The van der Waals surface area contributed by atoms with Gasteiger partial charge in [-0.05, 0) is 123 Å². The summed E-state index contributed by atoms with van der Waals surface area (Å²) in [5.74, 6) is -0.190. The van der Waals surface area contributed by atoms with E-state index >= 15 is 0 Å². The van der Waals surface area contributed by atoms with Crippen LogP contribution in [0.4, 0.5) is 5.69 Å². The van der Waals surface area contributed by atoms with Crippen molar-refractivity contribution < 1.29 is 33.9 Å². The van der Waals surface area contributed by atoms with Crippen LogP contribution in [0.15, 0.2) is 77.6 Å². The number of imidazole rings is 1. The Morgan fingerprint density at radius 1 is 0.840 bits per heavy atom. The Labute approximate surface area is 442 Å². The largest absolute Gasteiger partial charge is 0.483 e. The average Bonchev–Trinajstić information content (AvgIpc) is 4.12. The number of carboxylic acid groups (broad SMARTS) is 1. The molecular formula is C57H73N9O8S. The lowest BCUT2D eigenvalue weighted by Gasteiger charge is -2.32. The fraction of sp³-hybridized carbons (Fsp3) is 0.491. The van der Waals surface area contributed by atoms with Crippen molar-refractivity contribution in [3.8, 4) is 10.4 Å². The van der Waals surface area contributed by atoms with Crippen LogP contribution in [-0.4, -0.2) is 111 Å². The summed E-state index contributed by atoms with van der Waals surface area (Å²) in [5.41, 5.74) is 7.11. The number of imide groups is 1. The van der Waals surface area contributed by atoms with E-state index in [1.807, 2.05) is 55.1 Å². The van der Waals surface area contributed by atoms with E-state index in [0.717, 1.165) is 124 Å². The highest BCUT2D eigenvalue weighted by atomic mass is 32.1. The molecule has 6 N–H and O–H groups in total. The standard InChI is InChI=1S/C56H71N9O6S.CH2O2/c1-36-15-17-42(59-44-32-57-33-44)31-46(36)54(69)58-37(2)39-11-10-12-41(29-39)50-21-18-45(72-50)35-63-26-25-43(34-63)60-51(66)13-8-6-4-5-7-9-14-53(68)64-27-23-38(24-28-64)40-16-19-47-49(30-40)62(3)56(71)65(47)48-20-22-52(67)61-55(48)70;2-1-3/h10-12,15-19,21,29-31,37-38,43-44,48,57,59H,4-9,13-14,20,22-28,32-35H2,1-3H3,(H,58,69)(H,60,66)(H,61,67,70);1H,(H,2,3)/t37-,43+,48?;/m1./s1. The van der Waals surface area contributed by atoms with E-state index in [1.54, 1.807) is 23.0 Å². The first-order chi connectivity index (χ1) is 36.3. The smallest absolute Gasteiger partial charge is 0.329 e. The van der Waals surface area contributed by atoms with Gasteiger partial charge in [-0.1, -0.05) is 56.0 Å². The van der Waals surface area contributed by atoms with E-state index in [2.05, 4.69) is 67.9 Å². The molecule has 4 saturated heterocycles. The number of likely N-dealkylation sites (tertiary alicyclic amines) is 2. The molecule has 0 spiro atoms. The summed E-state index contributed by atoms with van der Waals surface area (Å²) in [4.78, 5) is 92.2. The number of benzene rings is 3. The first kappa shape index (κ1) is 54.6. The number of nitrogens with one attached hydrogen (secondary N) is 5. The average molecular weight is 1040 g/mol. The molecule has 17 nitrogen and oxygen atoms in total. The van der Waals surface area contributed by atoms with E-state index in [0.29, 0.717) is 49.5 Å². The second-order valence-corrected chi connectivity index (χ2v) is 21.9. The van der Waals surface area contributed by atoms with Crippen LogP contribution < -0.4 is 32.3 Å². The Morgan fingerprint density at radius 2 is 1.59 bits per heavy atom. The van der Waals surface area contributed by atoms with Gasteiger partial charge in [-0.2, -0.15) is 0 Å². The molecule has 75 heavy (non-hydrogen) atoms. The number of piperidine rings is 2. The Kier molecular flexibility index (Phi) is 18.7. The molecule has 0 saturated carbocycles. The molecule has 4 aliphatic rings. The Bertz CT molecular complexity index is 2900. The minimum atomic E-state index is -0.706. The molecule has 0 aliphatic carbocycles. The van der Waals surface area contributed by atoms with Gasteiger partial charge in [0.25, 0.3) is 12.4 Å². The summed E-state index contributed by atoms with van der Waals surface area (Å²) >= 11 is 1.80. The van der Waals surface area contributed by atoms with Crippen LogP contribution in [0.25, 0.3) is 21.5 Å². The van der Waals surface area contributed by atoms with Crippen molar-refractivity contribution in [2.24, 2.45) is 7.05 Å². The zero-order valence-electron chi connectivity index (χ0n) is 43.5. The summed E-state index contributed by atoms with van der Waals surface area (Å²) in [6.07, 6.45) is 10.2. The quantitative estimate of drug-likeness (QED) is 0.0262. The number of aryl methyl sites for hydroxylation is 2. The minimum Gasteiger partial charge on any atom is -0.483 e. The first-order valence-corrected chi connectivity index (χ1v) is 27.6. The third kappa shape index (κ3) is 14.0. The van der Waals surface area contributed by atoms with Gasteiger partial charge in [-0.3, -0.25) is 48.1 Å². The van der Waals surface area contributed by atoms with Gasteiger partial charge in [0.05, 0.1) is 23.1 Å². The molecule has 9 rings (SSSR count). The number of anilines is 1. The third-order valence-corrected chi connectivity index (χ3v) is 16.4. The molecule has 0 radical (unpaired) electrons. The number of carbonyl (C=O) groups is 6. The monoisotopic (exact) mass is 1040 g/mol. The van der Waals surface area contributed by atoms with Crippen LogP contribution in [-0.2, 0) is 37.6 Å². The molecule has 18 heteroatoms. The Hall–Kier alpha value is -6.63. The van der Waals surface area contributed by atoms with Crippen molar-refractivity contribution >= 4 is 64.1 Å². The normalized spacial score (nSPS) is 18.7. The molecule has 0 bridgehead atoms. The second kappa shape index (κ2) is 25.7. The van der Waals surface area contributed by atoms with E-state index in [9.17, 15) is 28.8 Å². The van der Waals surface area contributed by atoms with Gasteiger partial charge in [-0.15, -0.1) is 11.3 Å². The van der Waals surface area contributed by atoms with Crippen LogP contribution in [0.3, 0.4) is 0 Å². The van der Waals surface area contributed by atoms with Crippen molar-refractivity contribution in [3.63, 3.8) is 0 Å². The predicted octanol–water partition coefficient (Wildman–Crippen LogP) is 7.15. The lowest BCUT2D eigenvalue weighted by atomic mass is 9.89. The maximum absolute atomic E-state index is 13.4. The summed E-state index contributed by atoms with van der Waals surface area (Å²) < 4.78 is 3.09. The van der Waals surface area contributed by atoms with Crippen molar-refractivity contribution in [2.45, 2.75) is 134 Å². The summed E-state index contributed by atoms with van der Waals surface area (Å²) in [6.45, 7) is 9.70. The number of amides is 5. The Balaban J connectivity index is 0.00000243. The second-order valence-electron chi connectivity index (χ2n) is 20.7. The third-order valence-electron chi connectivity index (χ3n) is 15.3. The fourth-order valence-corrected chi connectivity index (χ4v) is 11.9. The minimum absolute atomic E-state index is 0.0753. The van der Waals surface area contributed by atoms with Gasteiger partial charge >= 0.3 is 5.69 Å². The highest BCUT2D eigenvalue weighted by molar-refractivity contribution is 7.15. The van der Waals surface area contributed by atoms with Gasteiger partial charge in [0.2, 0.25) is 23.6 Å². The van der Waals surface area contributed by atoms with E-state index < -0.39 is 11.9 Å². The highest BCUT2D eigenvalue weighted by Gasteiger charge is 2.32. The van der Waals surface area contributed by atoms with Gasteiger partial charge in [-0.25, -0.2) is 4.79 Å². The topological polar surface area (TPSA) is 216 Å². The fourth-order valence-electron chi connectivity index (χ4n) is 10.9. The van der Waals surface area contributed by atoms with Gasteiger partial charge in [0.15, 0.2) is 0 Å². The number of nitrogens with zero attached hydrogens (tertiary/aromatic N) is 4. The predicted molar refractivity (Wildman–Crippen MR) is 292 cm³/mol. The number of unbranched alkanes of at least 4 members (excludes halogenated alkanes) is 5. The van der Waals surface area contributed by atoms with Crippen molar-refractivity contribution in [2.75, 3.05) is 44.6 Å². The molecular weight excluding hydrogens is 971 g/mol. The number of rotatable bonds is 20. The van der Waals surface area contributed by atoms with Gasteiger partial charge in [0.1, 0.15) is 6.04 Å². The Morgan fingerprint density at radius 3 is 2.32 bits per heavy atom. The molecule has 5 aromatic rings. The van der Waals surface area contributed by atoms with Gasteiger partial charge < -0.3 is 31.3 Å². The van der Waals surface area contributed by atoms with Crippen LogP contribution in [0.1, 0.15) is 140 Å². The number of fused-ring (bicyclic) bond motifs is 1. The molecule has 2 aromatic heterocycles. The molecule has 3 aromatic carbocycles. The summed E-state index contributed by atoms with van der Waals surface area (Å²) in [7, 11) is 1.72. The number of carbonyl (C=O) groups excluding carboxylic acids is 5. The first-order valence-electron chi connectivity index (χ1n) is 26.8. The molecule has 5 amide bonds. The molecule has 4 aliphatic heterocycles. The molecule has 3 atom stereocenters. The van der Waals surface area contributed by atoms with Crippen molar-refractivity contribution in [1.29, 1.82) is 0 Å². The molecule has 400 valence electrons. The SMILES string of the molecule is Cc1ccc(NC2CNC2)cc1C(=O)N[C@H](C)c1cccc(-c2ccc(CN3CC[C@H](NC(=O)CCCCCCCCC(=O)N4CCC(c5ccc6c(c5)n(C)c(=O)n6C5CCC(=O)NC5=O)CC4)C3)s2)c1.O=CO. The summed E-state index contributed by atoms with van der Waals surface area (Å²) in [5, 5.41) is 22.5. The number of hydrogen-bond donors (Lipinski definition) is 6. The molecule has 6 heterocycles. The summed E-state index contributed by atoms with van der Waals surface area (Å²) in [6, 6.07) is 24.5. The number of aromatic nitrogens is 2. The lowest BCUT2D eigenvalue weighted by molar-refractivity contribution is -0.136. The van der Waals surface area contributed by atoms with E-state index in [4.69, 9.17) is 9.90 Å². The highest BCUT2D eigenvalue weighted by Crippen LogP contribution is 2.34. The lowest BCUT2D eigenvalue weighted by Crippen LogP contribution is -2.51. The molecule has 4 fully saturated rings. The van der Waals surface area contributed by atoms with Crippen LogP contribution >= 0.6 is 11.3 Å². The maximum atomic E-state index is 13.4. The van der Waals surface area contributed by atoms with E-state index in [-0.39, 0.29) is 60.2 Å². The number of thiophene rings is 1. The zero-order valence-corrected chi connectivity index (χ0v) is 44.4. The van der Waals surface area contributed by atoms with Crippen molar-refractivity contribution in [3.05, 3.63) is 110 Å². The number of hydrogen-bond acceptors (Lipinski definition) is 11. The van der Waals surface area contributed by atoms with Crippen molar-refractivity contribution in [1.82, 2.24) is 40.2 Å². The van der Waals surface area contributed by atoms with Crippen LogP contribution in [0, 0.1) is 6.92 Å². The van der Waals surface area contributed by atoms with Crippen LogP contribution in [0.5, 0.6) is 0 Å².